The second-order valence-corrected chi connectivity index (χ2v) is 5.27. The summed E-state index contributed by atoms with van der Waals surface area (Å²) in [6, 6.07) is 10.3. The van der Waals surface area contributed by atoms with E-state index in [0.29, 0.717) is 0 Å². The van der Waals surface area contributed by atoms with Crippen molar-refractivity contribution in [2.24, 2.45) is 0 Å². The second-order valence-electron chi connectivity index (χ2n) is 5.27. The number of hydrogen-bond donors (Lipinski definition) is 1. The van der Waals surface area contributed by atoms with E-state index in [2.05, 4.69) is 12.1 Å². The molecule has 1 aromatic rings. The van der Waals surface area contributed by atoms with Crippen molar-refractivity contribution in [2.45, 2.75) is 51.1 Å². The van der Waals surface area contributed by atoms with E-state index in [0.717, 1.165) is 19.3 Å². The molecule has 0 aliphatic carbocycles. The molecule has 0 bridgehead atoms. The van der Waals surface area contributed by atoms with Crippen molar-refractivity contribution >= 4 is 0 Å². The third kappa shape index (κ3) is 3.55. The first-order valence-corrected chi connectivity index (χ1v) is 6.61. The molecule has 0 amide bonds. The van der Waals surface area contributed by atoms with E-state index in [-0.39, 0.29) is 18.8 Å². The van der Waals surface area contributed by atoms with Crippen LogP contribution in [0.2, 0.25) is 0 Å². The highest BCUT2D eigenvalue weighted by Crippen LogP contribution is 2.32. The lowest BCUT2D eigenvalue weighted by molar-refractivity contribution is -0.146. The highest BCUT2D eigenvalue weighted by atomic mass is 16.7. The Hall–Kier alpha value is -0.900. The summed E-state index contributed by atoms with van der Waals surface area (Å²) in [6.45, 7) is 4.10. The number of aliphatic hydroxyl groups is 1. The summed E-state index contributed by atoms with van der Waals surface area (Å²) in [5.74, 6) is -0.514. The first kappa shape index (κ1) is 13.5. The van der Waals surface area contributed by atoms with Gasteiger partial charge < -0.3 is 14.6 Å². The average molecular weight is 250 g/mol. The molecule has 100 valence electrons. The summed E-state index contributed by atoms with van der Waals surface area (Å²) < 4.78 is 11.9. The van der Waals surface area contributed by atoms with E-state index >= 15 is 0 Å². The van der Waals surface area contributed by atoms with Crippen LogP contribution in [0.5, 0.6) is 0 Å². The van der Waals surface area contributed by atoms with Crippen molar-refractivity contribution in [2.75, 3.05) is 6.61 Å². The Balaban J connectivity index is 2.00. The molecule has 3 heteroatoms. The van der Waals surface area contributed by atoms with E-state index < -0.39 is 5.79 Å². The van der Waals surface area contributed by atoms with Crippen LogP contribution in [0.25, 0.3) is 0 Å². The summed E-state index contributed by atoms with van der Waals surface area (Å²) in [5, 5.41) is 8.94. The Morgan fingerprint density at radius 2 is 1.78 bits per heavy atom. The largest absolute Gasteiger partial charge is 0.396 e. The van der Waals surface area contributed by atoms with Crippen LogP contribution in [0.3, 0.4) is 0 Å². The number of benzene rings is 1. The molecule has 1 aliphatic heterocycles. The molecule has 2 rings (SSSR count). The average Bonchev–Trinajstić information content (AvgIpc) is 2.62. The second kappa shape index (κ2) is 5.83. The van der Waals surface area contributed by atoms with E-state index in [4.69, 9.17) is 14.6 Å². The van der Waals surface area contributed by atoms with E-state index in [1.165, 1.54) is 5.56 Å². The molecule has 1 saturated heterocycles. The van der Waals surface area contributed by atoms with Gasteiger partial charge in [-0.15, -0.1) is 0 Å². The van der Waals surface area contributed by atoms with Gasteiger partial charge in [-0.05, 0) is 32.3 Å². The Bertz CT molecular complexity index is 361. The summed E-state index contributed by atoms with van der Waals surface area (Å²) in [4.78, 5) is 0. The minimum absolute atomic E-state index is 0.0763. The molecule has 0 spiro atoms. The number of hydrogen-bond acceptors (Lipinski definition) is 3. The molecular weight excluding hydrogens is 228 g/mol. The van der Waals surface area contributed by atoms with Crippen molar-refractivity contribution in [1.82, 2.24) is 0 Å². The number of aliphatic hydroxyl groups excluding tert-OH is 1. The third-order valence-electron chi connectivity index (χ3n) is 3.21. The highest BCUT2D eigenvalue weighted by Gasteiger charge is 2.40. The zero-order valence-corrected chi connectivity index (χ0v) is 11.1. The predicted molar refractivity (Wildman–Crippen MR) is 70.3 cm³/mol. The molecule has 18 heavy (non-hydrogen) atoms. The van der Waals surface area contributed by atoms with Gasteiger partial charge in [0, 0.05) is 13.0 Å². The van der Waals surface area contributed by atoms with Crippen LogP contribution in [0.4, 0.5) is 0 Å². The van der Waals surface area contributed by atoms with Crippen LogP contribution < -0.4 is 0 Å². The summed E-state index contributed by atoms with van der Waals surface area (Å²) in [6.07, 6.45) is 2.62. The molecule has 1 heterocycles. The molecule has 1 N–H and O–H groups in total. The Morgan fingerprint density at radius 3 is 2.44 bits per heavy atom. The molecule has 1 aliphatic rings. The molecule has 1 fully saturated rings. The molecule has 3 nitrogen and oxygen atoms in total. The van der Waals surface area contributed by atoms with Crippen LogP contribution in [0.1, 0.15) is 32.3 Å². The third-order valence-corrected chi connectivity index (χ3v) is 3.21. The van der Waals surface area contributed by atoms with Crippen molar-refractivity contribution < 1.29 is 14.6 Å². The molecule has 0 radical (unpaired) electrons. The topological polar surface area (TPSA) is 38.7 Å². The van der Waals surface area contributed by atoms with Gasteiger partial charge in [0.2, 0.25) is 0 Å². The van der Waals surface area contributed by atoms with Crippen molar-refractivity contribution in [1.29, 1.82) is 0 Å². The van der Waals surface area contributed by atoms with Crippen molar-refractivity contribution in [3.05, 3.63) is 35.9 Å². The lowest BCUT2D eigenvalue weighted by atomic mass is 10.0. The summed E-state index contributed by atoms with van der Waals surface area (Å²) in [5.41, 5.74) is 1.26. The minimum Gasteiger partial charge on any atom is -0.396 e. The van der Waals surface area contributed by atoms with Crippen molar-refractivity contribution in [3.8, 4) is 0 Å². The summed E-state index contributed by atoms with van der Waals surface area (Å²) in [7, 11) is 0. The minimum atomic E-state index is -0.514. The van der Waals surface area contributed by atoms with Crippen LogP contribution in [-0.2, 0) is 15.9 Å². The maximum absolute atomic E-state index is 8.94. The van der Waals surface area contributed by atoms with Crippen molar-refractivity contribution in [3.63, 3.8) is 0 Å². The monoisotopic (exact) mass is 250 g/mol. The molecule has 2 atom stereocenters. The molecule has 0 aromatic heterocycles. The lowest BCUT2D eigenvalue weighted by Gasteiger charge is -2.16. The predicted octanol–water partition coefficient (Wildman–Crippen LogP) is 2.52. The van der Waals surface area contributed by atoms with Crippen LogP contribution in [0.15, 0.2) is 30.3 Å². The highest BCUT2D eigenvalue weighted by molar-refractivity contribution is 5.16. The number of ether oxygens (including phenoxy) is 2. The fraction of sp³-hybridized carbons (Fsp3) is 0.600. The first-order chi connectivity index (χ1) is 8.61. The van der Waals surface area contributed by atoms with Gasteiger partial charge in [0.1, 0.15) is 0 Å². The fourth-order valence-electron chi connectivity index (χ4n) is 2.47. The van der Waals surface area contributed by atoms with Crippen LogP contribution >= 0.6 is 0 Å². The fourth-order valence-corrected chi connectivity index (χ4v) is 2.47. The van der Waals surface area contributed by atoms with Crippen LogP contribution in [-0.4, -0.2) is 29.7 Å². The van der Waals surface area contributed by atoms with Gasteiger partial charge in [-0.3, -0.25) is 0 Å². The SMILES string of the molecule is CC1(C)O[C@H](CCCO)[C@@H](Cc2ccccc2)O1. The standard InChI is InChI=1S/C15H22O3/c1-15(2)17-13(9-6-10-16)14(18-15)11-12-7-4-3-5-8-12/h3-5,7-8,13-14,16H,6,9-11H2,1-2H3/t13-,14-/m1/s1. The van der Waals surface area contributed by atoms with Gasteiger partial charge in [0.25, 0.3) is 0 Å². The zero-order valence-electron chi connectivity index (χ0n) is 11.1. The quantitative estimate of drug-likeness (QED) is 0.872. The maximum Gasteiger partial charge on any atom is 0.163 e. The molecule has 0 saturated carbocycles. The lowest BCUT2D eigenvalue weighted by Crippen LogP contribution is -2.25. The zero-order chi connectivity index (χ0) is 13.0. The molecule has 0 unspecified atom stereocenters. The first-order valence-electron chi connectivity index (χ1n) is 6.61. The van der Waals surface area contributed by atoms with E-state index in [1.807, 2.05) is 32.0 Å². The van der Waals surface area contributed by atoms with Gasteiger partial charge >= 0.3 is 0 Å². The Labute approximate surface area is 109 Å². The van der Waals surface area contributed by atoms with E-state index in [1.54, 1.807) is 0 Å². The van der Waals surface area contributed by atoms with Gasteiger partial charge in [-0.2, -0.15) is 0 Å². The summed E-state index contributed by atoms with van der Waals surface area (Å²) >= 11 is 0. The Kier molecular flexibility index (Phi) is 4.38. The smallest absolute Gasteiger partial charge is 0.163 e. The maximum atomic E-state index is 8.94. The van der Waals surface area contributed by atoms with Gasteiger partial charge in [0.15, 0.2) is 5.79 Å². The van der Waals surface area contributed by atoms with Gasteiger partial charge in [-0.25, -0.2) is 0 Å². The van der Waals surface area contributed by atoms with Crippen LogP contribution in [0, 0.1) is 0 Å². The van der Waals surface area contributed by atoms with Gasteiger partial charge in [-0.1, -0.05) is 30.3 Å². The molecular formula is C15H22O3. The Morgan fingerprint density at radius 1 is 1.11 bits per heavy atom. The number of rotatable bonds is 5. The molecule has 1 aromatic carbocycles. The normalized spacial score (nSPS) is 26.4. The van der Waals surface area contributed by atoms with Gasteiger partial charge in [0.05, 0.1) is 12.2 Å². The van der Waals surface area contributed by atoms with E-state index in [9.17, 15) is 0 Å².